The van der Waals surface area contributed by atoms with E-state index in [1.165, 1.54) is 6.08 Å². The Morgan fingerprint density at radius 2 is 1.86 bits per heavy atom. The Balaban J connectivity index is 2.61. The first kappa shape index (κ1) is 17.0. The fourth-order valence-corrected chi connectivity index (χ4v) is 1.72. The molecule has 0 aliphatic heterocycles. The Morgan fingerprint density at radius 1 is 1.19 bits per heavy atom. The first-order chi connectivity index (χ1) is 10.2. The van der Waals surface area contributed by atoms with Gasteiger partial charge in [-0.15, -0.1) is 0 Å². The first-order valence-corrected chi connectivity index (χ1v) is 7.07. The van der Waals surface area contributed by atoms with Crippen molar-refractivity contribution in [1.29, 1.82) is 0 Å². The van der Waals surface area contributed by atoms with Crippen molar-refractivity contribution in [2.24, 2.45) is 0 Å². The van der Waals surface area contributed by atoms with Gasteiger partial charge >= 0.3 is 5.97 Å². The lowest BCUT2D eigenvalue weighted by Crippen LogP contribution is -2.09. The molecule has 0 aliphatic rings. The molecule has 0 spiro atoms. The summed E-state index contributed by atoms with van der Waals surface area (Å²) in [4.78, 5) is 11.4. The summed E-state index contributed by atoms with van der Waals surface area (Å²) in [5.74, 6) is -0.0404. The van der Waals surface area contributed by atoms with Gasteiger partial charge < -0.3 is 14.6 Å². The van der Waals surface area contributed by atoms with Crippen LogP contribution in [0.3, 0.4) is 0 Å². The number of carbonyl (C=O) groups excluding carboxylic acids is 1. The number of hydrogen-bond acceptors (Lipinski definition) is 4. The molecule has 1 aromatic rings. The van der Waals surface area contributed by atoms with Crippen LogP contribution in [0.15, 0.2) is 48.2 Å². The van der Waals surface area contributed by atoms with Gasteiger partial charge in [0, 0.05) is 6.42 Å². The van der Waals surface area contributed by atoms with Gasteiger partial charge in [0.25, 0.3) is 0 Å². The van der Waals surface area contributed by atoms with E-state index in [1.54, 1.807) is 13.0 Å². The molecule has 0 fully saturated rings. The summed E-state index contributed by atoms with van der Waals surface area (Å²) in [5, 5.41) is 9.99. The molecule has 1 rings (SSSR count). The van der Waals surface area contributed by atoms with Crippen LogP contribution in [-0.2, 0) is 14.3 Å². The van der Waals surface area contributed by atoms with E-state index in [1.807, 2.05) is 43.3 Å². The fraction of sp³-hybridized carbons (Fsp3) is 0.353. The molecule has 0 unspecified atom stereocenters. The smallest absolute Gasteiger partial charge is 0.334 e. The van der Waals surface area contributed by atoms with E-state index in [-0.39, 0.29) is 6.42 Å². The Morgan fingerprint density at radius 3 is 2.48 bits per heavy atom. The minimum absolute atomic E-state index is 0.232. The van der Waals surface area contributed by atoms with Gasteiger partial charge in [-0.1, -0.05) is 42.5 Å². The second kappa shape index (κ2) is 9.77. The number of rotatable bonds is 8. The largest absolute Gasteiger partial charge is 0.498 e. The van der Waals surface area contributed by atoms with E-state index in [0.29, 0.717) is 19.0 Å². The lowest BCUT2D eigenvalue weighted by Gasteiger charge is -2.11. The summed E-state index contributed by atoms with van der Waals surface area (Å²) in [6.45, 7) is 4.31. The van der Waals surface area contributed by atoms with Crippen molar-refractivity contribution in [2.75, 3.05) is 13.2 Å². The molecule has 1 atom stereocenters. The molecule has 114 valence electrons. The van der Waals surface area contributed by atoms with E-state index < -0.39 is 12.1 Å². The van der Waals surface area contributed by atoms with Crippen molar-refractivity contribution < 1.29 is 19.4 Å². The Bertz CT molecular complexity index is 477. The van der Waals surface area contributed by atoms with E-state index in [2.05, 4.69) is 0 Å². The summed E-state index contributed by atoms with van der Waals surface area (Å²) >= 11 is 0. The standard InChI is InChI=1S/C17H22O4/c1-3-20-16(13-17(19)21-4-2)12-15(18)11-10-14-8-6-5-7-9-14/h5-11,13,15,18H,3-4,12H2,1-2H3/b11-10+,16-13+/t15-/m0/s1. The molecule has 21 heavy (non-hydrogen) atoms. The number of hydrogen-bond donors (Lipinski definition) is 1. The second-order valence-corrected chi connectivity index (χ2v) is 4.34. The van der Waals surface area contributed by atoms with Gasteiger partial charge in [0.1, 0.15) is 5.76 Å². The van der Waals surface area contributed by atoms with E-state index >= 15 is 0 Å². The monoisotopic (exact) mass is 290 g/mol. The van der Waals surface area contributed by atoms with E-state index in [9.17, 15) is 9.90 Å². The minimum Gasteiger partial charge on any atom is -0.498 e. The summed E-state index contributed by atoms with van der Waals surface area (Å²) in [5.41, 5.74) is 1.00. The van der Waals surface area contributed by atoms with Gasteiger partial charge in [0.2, 0.25) is 0 Å². The molecule has 0 aromatic heterocycles. The van der Waals surface area contributed by atoms with Crippen LogP contribution in [0.2, 0.25) is 0 Å². The van der Waals surface area contributed by atoms with E-state index in [4.69, 9.17) is 9.47 Å². The highest BCUT2D eigenvalue weighted by molar-refractivity contribution is 5.82. The van der Waals surface area contributed by atoms with Crippen molar-refractivity contribution in [3.05, 3.63) is 53.8 Å². The van der Waals surface area contributed by atoms with Crippen LogP contribution >= 0.6 is 0 Å². The molecule has 0 radical (unpaired) electrons. The Hall–Kier alpha value is -2.07. The quantitative estimate of drug-likeness (QED) is 0.454. The van der Waals surface area contributed by atoms with Crippen molar-refractivity contribution >= 4 is 12.0 Å². The molecule has 0 heterocycles. The number of carbonyl (C=O) groups is 1. The van der Waals surface area contributed by atoms with Gasteiger partial charge in [0.05, 0.1) is 25.4 Å². The lowest BCUT2D eigenvalue weighted by atomic mass is 10.1. The topological polar surface area (TPSA) is 55.8 Å². The number of aliphatic hydroxyl groups excluding tert-OH is 1. The molecule has 0 saturated heterocycles. The number of benzene rings is 1. The van der Waals surface area contributed by atoms with Crippen LogP contribution in [0.5, 0.6) is 0 Å². The predicted octanol–water partition coefficient (Wildman–Crippen LogP) is 2.93. The van der Waals surface area contributed by atoms with Crippen LogP contribution in [0.25, 0.3) is 6.08 Å². The van der Waals surface area contributed by atoms with Gasteiger partial charge in [-0.2, -0.15) is 0 Å². The number of aliphatic hydroxyl groups is 1. The summed E-state index contributed by atoms with van der Waals surface area (Å²) in [6.07, 6.45) is 4.30. The second-order valence-electron chi connectivity index (χ2n) is 4.34. The van der Waals surface area contributed by atoms with Crippen LogP contribution in [-0.4, -0.2) is 30.4 Å². The molecular formula is C17H22O4. The molecule has 0 bridgehead atoms. The number of ether oxygens (including phenoxy) is 2. The Kier molecular flexibility index (Phi) is 7.90. The van der Waals surface area contributed by atoms with Gasteiger partial charge in [-0.3, -0.25) is 0 Å². The maximum Gasteiger partial charge on any atom is 0.334 e. The van der Waals surface area contributed by atoms with Crippen LogP contribution in [0.1, 0.15) is 25.8 Å². The lowest BCUT2D eigenvalue weighted by molar-refractivity contribution is -0.137. The molecule has 0 amide bonds. The highest BCUT2D eigenvalue weighted by Crippen LogP contribution is 2.11. The molecular weight excluding hydrogens is 268 g/mol. The third kappa shape index (κ3) is 7.32. The maximum absolute atomic E-state index is 11.4. The van der Waals surface area contributed by atoms with Crippen LogP contribution in [0, 0.1) is 0 Å². The molecule has 0 aliphatic carbocycles. The molecule has 4 nitrogen and oxygen atoms in total. The molecule has 1 aromatic carbocycles. The third-order valence-electron chi connectivity index (χ3n) is 2.62. The summed E-state index contributed by atoms with van der Waals surface area (Å²) in [7, 11) is 0. The van der Waals surface area contributed by atoms with Gasteiger partial charge in [0.15, 0.2) is 0 Å². The SMILES string of the molecule is CCOC(=O)/C=C(\C[C@@H](O)/C=C/c1ccccc1)OCC. The fourth-order valence-electron chi connectivity index (χ4n) is 1.72. The molecule has 4 heteroatoms. The van der Waals surface area contributed by atoms with Crippen LogP contribution in [0.4, 0.5) is 0 Å². The van der Waals surface area contributed by atoms with Crippen LogP contribution < -0.4 is 0 Å². The normalized spacial score (nSPS) is 13.2. The predicted molar refractivity (Wildman–Crippen MR) is 82.4 cm³/mol. The average molecular weight is 290 g/mol. The Labute approximate surface area is 125 Å². The van der Waals surface area contributed by atoms with Crippen molar-refractivity contribution in [1.82, 2.24) is 0 Å². The number of esters is 1. The zero-order valence-corrected chi connectivity index (χ0v) is 12.5. The summed E-state index contributed by atoms with van der Waals surface area (Å²) in [6, 6.07) is 9.68. The first-order valence-electron chi connectivity index (χ1n) is 7.07. The average Bonchev–Trinajstić information content (AvgIpc) is 2.46. The maximum atomic E-state index is 11.4. The highest BCUT2D eigenvalue weighted by Gasteiger charge is 2.08. The van der Waals surface area contributed by atoms with Gasteiger partial charge in [-0.05, 0) is 19.4 Å². The molecule has 0 saturated carbocycles. The van der Waals surface area contributed by atoms with Crippen molar-refractivity contribution in [2.45, 2.75) is 26.4 Å². The third-order valence-corrected chi connectivity index (χ3v) is 2.62. The summed E-state index contributed by atoms with van der Waals surface area (Å²) < 4.78 is 10.2. The van der Waals surface area contributed by atoms with E-state index in [0.717, 1.165) is 5.56 Å². The van der Waals surface area contributed by atoms with Gasteiger partial charge in [-0.25, -0.2) is 4.79 Å². The minimum atomic E-state index is -0.725. The zero-order chi connectivity index (χ0) is 15.5. The zero-order valence-electron chi connectivity index (χ0n) is 12.5. The molecule has 1 N–H and O–H groups in total. The van der Waals surface area contributed by atoms with Crippen molar-refractivity contribution in [3.8, 4) is 0 Å². The van der Waals surface area contributed by atoms with Crippen molar-refractivity contribution in [3.63, 3.8) is 0 Å². The highest BCUT2D eigenvalue weighted by atomic mass is 16.5.